The molecule has 0 bridgehead atoms. The highest BCUT2D eigenvalue weighted by molar-refractivity contribution is 5.94. The van der Waals surface area contributed by atoms with Crippen molar-refractivity contribution in [2.75, 3.05) is 20.2 Å². The van der Waals surface area contributed by atoms with E-state index in [4.69, 9.17) is 4.74 Å². The molecule has 2 rings (SSSR count). The molecule has 3 amide bonds. The van der Waals surface area contributed by atoms with Crippen LogP contribution in [0.3, 0.4) is 0 Å². The van der Waals surface area contributed by atoms with E-state index in [1.807, 2.05) is 32.0 Å². The van der Waals surface area contributed by atoms with Gasteiger partial charge in [0.05, 0.1) is 7.11 Å². The van der Waals surface area contributed by atoms with Crippen LogP contribution in [0.15, 0.2) is 55.1 Å². The standard InChI is InChI=1S/C30H39N3O7/c1-8-16-33(26(27(36)31-18-24(35)39-7)25-19(2)10-9-11-20(25)3)28(37)23(32-29(38)40-30(4,5)6)17-21-12-14-22(34)15-13-21/h8-15,23,26,34H,1,16-18H2,2-7H3,(H,31,36)(H,32,38). The van der Waals surface area contributed by atoms with E-state index in [9.17, 15) is 24.3 Å². The van der Waals surface area contributed by atoms with Crippen LogP contribution in [0, 0.1) is 13.8 Å². The molecule has 40 heavy (non-hydrogen) atoms. The summed E-state index contributed by atoms with van der Waals surface area (Å²) in [5.74, 6) is -1.76. The Kier molecular flexibility index (Phi) is 11.3. The molecule has 2 aromatic rings. The number of rotatable bonds is 11. The van der Waals surface area contributed by atoms with Gasteiger partial charge in [-0.3, -0.25) is 14.4 Å². The van der Waals surface area contributed by atoms with Crippen molar-refractivity contribution in [2.24, 2.45) is 0 Å². The zero-order chi connectivity index (χ0) is 30.0. The third kappa shape index (κ3) is 9.14. The minimum atomic E-state index is -1.15. The second kappa shape index (κ2) is 14.2. The molecule has 2 atom stereocenters. The molecular formula is C30H39N3O7. The molecule has 0 saturated carbocycles. The molecule has 2 aromatic carbocycles. The second-order valence-corrected chi connectivity index (χ2v) is 10.4. The van der Waals surface area contributed by atoms with E-state index in [-0.39, 0.29) is 25.3 Å². The Bertz CT molecular complexity index is 1200. The van der Waals surface area contributed by atoms with E-state index < -0.39 is 41.6 Å². The van der Waals surface area contributed by atoms with Crippen LogP contribution in [0.2, 0.25) is 0 Å². The summed E-state index contributed by atoms with van der Waals surface area (Å²) in [7, 11) is 1.21. The molecule has 216 valence electrons. The highest BCUT2D eigenvalue weighted by atomic mass is 16.6. The van der Waals surface area contributed by atoms with Gasteiger partial charge in [-0.2, -0.15) is 0 Å². The Balaban J connectivity index is 2.59. The summed E-state index contributed by atoms with van der Waals surface area (Å²) in [5, 5.41) is 14.9. The van der Waals surface area contributed by atoms with Crippen LogP contribution in [-0.2, 0) is 30.3 Å². The molecule has 2 unspecified atom stereocenters. The molecule has 0 fully saturated rings. The first kappa shape index (κ1) is 31.9. The fraction of sp³-hybridized carbons (Fsp3) is 0.400. The van der Waals surface area contributed by atoms with Gasteiger partial charge in [0.25, 0.3) is 0 Å². The largest absolute Gasteiger partial charge is 0.508 e. The van der Waals surface area contributed by atoms with Gasteiger partial charge in [0.1, 0.15) is 30.0 Å². The van der Waals surface area contributed by atoms with Gasteiger partial charge in [0, 0.05) is 13.0 Å². The van der Waals surface area contributed by atoms with Crippen molar-refractivity contribution in [3.05, 3.63) is 77.4 Å². The van der Waals surface area contributed by atoms with Gasteiger partial charge >= 0.3 is 12.1 Å². The van der Waals surface area contributed by atoms with Crippen molar-refractivity contribution < 1.29 is 33.8 Å². The van der Waals surface area contributed by atoms with Crippen LogP contribution >= 0.6 is 0 Å². The number of nitrogens with one attached hydrogen (secondary N) is 2. The number of alkyl carbamates (subject to hydrolysis) is 1. The van der Waals surface area contributed by atoms with Crippen LogP contribution in [0.25, 0.3) is 0 Å². The molecule has 0 spiro atoms. The van der Waals surface area contributed by atoms with Crippen LogP contribution < -0.4 is 10.6 Å². The van der Waals surface area contributed by atoms with Crippen LogP contribution in [0.4, 0.5) is 4.79 Å². The monoisotopic (exact) mass is 553 g/mol. The molecule has 0 aliphatic heterocycles. The number of amides is 3. The zero-order valence-electron chi connectivity index (χ0n) is 23.9. The van der Waals surface area contributed by atoms with Gasteiger partial charge in [-0.1, -0.05) is 36.4 Å². The minimum Gasteiger partial charge on any atom is -0.508 e. The maximum absolute atomic E-state index is 14.2. The first-order valence-corrected chi connectivity index (χ1v) is 12.9. The number of esters is 1. The van der Waals surface area contributed by atoms with E-state index in [1.54, 1.807) is 32.9 Å². The molecule has 3 N–H and O–H groups in total. The SMILES string of the molecule is C=CCN(C(=O)C(Cc1ccc(O)cc1)NC(=O)OC(C)(C)C)C(C(=O)NCC(=O)OC)c1c(C)cccc1C. The Morgan fingerprint density at radius 1 is 1.05 bits per heavy atom. The van der Waals surface area contributed by atoms with Crippen LogP contribution in [0.1, 0.15) is 49.1 Å². The number of aryl methyl sites for hydroxylation is 2. The lowest BCUT2D eigenvalue weighted by Crippen LogP contribution is -2.54. The lowest BCUT2D eigenvalue weighted by molar-refractivity contribution is -0.144. The smallest absolute Gasteiger partial charge is 0.408 e. The summed E-state index contributed by atoms with van der Waals surface area (Å²) in [5.41, 5.74) is 1.95. The van der Waals surface area contributed by atoms with Gasteiger partial charge in [-0.05, 0) is 69.0 Å². The summed E-state index contributed by atoms with van der Waals surface area (Å²) >= 11 is 0. The van der Waals surface area contributed by atoms with E-state index in [0.717, 1.165) is 11.1 Å². The fourth-order valence-corrected chi connectivity index (χ4v) is 4.19. The third-order valence-electron chi connectivity index (χ3n) is 5.98. The lowest BCUT2D eigenvalue weighted by Gasteiger charge is -2.35. The second-order valence-electron chi connectivity index (χ2n) is 10.4. The number of benzene rings is 2. The summed E-state index contributed by atoms with van der Waals surface area (Å²) in [6.45, 7) is 12.1. The van der Waals surface area contributed by atoms with Crippen molar-refractivity contribution in [3.8, 4) is 5.75 Å². The molecule has 0 saturated heterocycles. The quantitative estimate of drug-likeness (QED) is 0.286. The van der Waals surface area contributed by atoms with Gasteiger partial charge < -0.3 is 30.1 Å². The molecule has 0 aromatic heterocycles. The Hall–Kier alpha value is -4.34. The maximum Gasteiger partial charge on any atom is 0.408 e. The van der Waals surface area contributed by atoms with E-state index in [0.29, 0.717) is 11.1 Å². The first-order valence-electron chi connectivity index (χ1n) is 12.9. The zero-order valence-corrected chi connectivity index (χ0v) is 23.9. The van der Waals surface area contributed by atoms with Gasteiger partial charge in [0.15, 0.2) is 0 Å². The fourth-order valence-electron chi connectivity index (χ4n) is 4.19. The summed E-state index contributed by atoms with van der Waals surface area (Å²) < 4.78 is 10.1. The highest BCUT2D eigenvalue weighted by Crippen LogP contribution is 2.29. The van der Waals surface area contributed by atoms with Gasteiger partial charge in [-0.25, -0.2) is 4.79 Å². The van der Waals surface area contributed by atoms with Crippen LogP contribution in [-0.4, -0.2) is 65.7 Å². The number of hydrogen-bond donors (Lipinski definition) is 3. The molecule has 10 nitrogen and oxygen atoms in total. The minimum absolute atomic E-state index is 0.0367. The average Bonchev–Trinajstić information content (AvgIpc) is 2.87. The Labute approximate surface area is 235 Å². The number of nitrogens with zero attached hydrogens (tertiary/aromatic N) is 1. The molecule has 0 aliphatic rings. The Morgan fingerprint density at radius 3 is 2.17 bits per heavy atom. The molecule has 10 heteroatoms. The van der Waals surface area contributed by atoms with E-state index in [1.165, 1.54) is 30.2 Å². The predicted molar refractivity (Wildman–Crippen MR) is 151 cm³/mol. The number of hydrogen-bond acceptors (Lipinski definition) is 7. The summed E-state index contributed by atoms with van der Waals surface area (Å²) in [6.07, 6.45) is 0.730. The van der Waals surface area contributed by atoms with Gasteiger partial charge in [0.2, 0.25) is 11.8 Å². The number of phenols is 1. The third-order valence-corrected chi connectivity index (χ3v) is 5.98. The van der Waals surface area contributed by atoms with Crippen molar-refractivity contribution in [2.45, 2.75) is 58.7 Å². The lowest BCUT2D eigenvalue weighted by atomic mass is 9.93. The summed E-state index contributed by atoms with van der Waals surface area (Å²) in [6, 6.07) is 9.43. The maximum atomic E-state index is 14.2. The molecule has 0 radical (unpaired) electrons. The topological polar surface area (TPSA) is 134 Å². The van der Waals surface area contributed by atoms with Crippen molar-refractivity contribution in [1.82, 2.24) is 15.5 Å². The number of ether oxygens (including phenoxy) is 2. The van der Waals surface area contributed by atoms with Crippen molar-refractivity contribution >= 4 is 23.9 Å². The van der Waals surface area contributed by atoms with E-state index >= 15 is 0 Å². The van der Waals surface area contributed by atoms with Gasteiger partial charge in [-0.15, -0.1) is 6.58 Å². The van der Waals surface area contributed by atoms with E-state index in [2.05, 4.69) is 21.9 Å². The molecule has 0 heterocycles. The number of aromatic hydroxyl groups is 1. The first-order chi connectivity index (χ1) is 18.8. The average molecular weight is 554 g/mol. The number of methoxy groups -OCH3 is 1. The number of carbonyl (C=O) groups is 4. The van der Waals surface area contributed by atoms with Crippen molar-refractivity contribution in [1.29, 1.82) is 0 Å². The predicted octanol–water partition coefficient (Wildman–Crippen LogP) is 3.49. The molecule has 0 aliphatic carbocycles. The highest BCUT2D eigenvalue weighted by Gasteiger charge is 2.37. The van der Waals surface area contributed by atoms with Crippen LogP contribution in [0.5, 0.6) is 5.75 Å². The van der Waals surface area contributed by atoms with Crippen molar-refractivity contribution in [3.63, 3.8) is 0 Å². The summed E-state index contributed by atoms with van der Waals surface area (Å²) in [4.78, 5) is 53.8. The Morgan fingerprint density at radius 2 is 1.65 bits per heavy atom. The number of carbonyl (C=O) groups excluding carboxylic acids is 4. The normalized spacial score (nSPS) is 12.4. The molecular weight excluding hydrogens is 514 g/mol. The number of phenolic OH excluding ortho intramolecular Hbond substituents is 1.